The highest BCUT2D eigenvalue weighted by Gasteiger charge is 1.97. The zero-order valence-corrected chi connectivity index (χ0v) is 28.8. The van der Waals surface area contributed by atoms with Crippen molar-refractivity contribution in [2.75, 3.05) is 26.4 Å². The quantitative estimate of drug-likeness (QED) is 0.0728. The van der Waals surface area contributed by atoms with Gasteiger partial charge in [-0.3, -0.25) is 0 Å². The first-order valence-electron chi connectivity index (χ1n) is 19.1. The Hall–Kier alpha value is -0.120. The maximum absolute atomic E-state index is 7.62. The first-order valence-corrected chi connectivity index (χ1v) is 19.1. The van der Waals surface area contributed by atoms with Crippen molar-refractivity contribution in [2.24, 2.45) is 0 Å². The summed E-state index contributed by atoms with van der Waals surface area (Å²) in [5.74, 6) is 0. The van der Waals surface area contributed by atoms with E-state index < -0.39 is 0 Å². The maximum Gasteiger partial charge on any atom is 0.0662 e. The third kappa shape index (κ3) is 47.0. The van der Waals surface area contributed by atoms with Crippen LogP contribution >= 0.6 is 0 Å². The second kappa shape index (κ2) is 44.3. The molecule has 2 N–H and O–H groups in total. The Morgan fingerprint density at radius 3 is 0.610 bits per heavy atom. The van der Waals surface area contributed by atoms with Crippen LogP contribution in [0.5, 0.6) is 0 Å². The Morgan fingerprint density at radius 1 is 0.268 bits per heavy atom. The molecule has 0 rings (SSSR count). The molecule has 0 aliphatic carbocycles. The lowest BCUT2D eigenvalue weighted by Crippen LogP contribution is -1.97. The average Bonchev–Trinajstić information content (AvgIpc) is 2.99. The van der Waals surface area contributed by atoms with Crippen molar-refractivity contribution in [3.8, 4) is 0 Å². The lowest BCUT2D eigenvalue weighted by Gasteiger charge is -2.06. The SMILES string of the molecule is CCCCCCCCCCCCCCCCCCOCCCCCCCCCCCCCCCCCC.OCCO. The zero-order chi connectivity index (χ0) is 30.2. The predicted octanol–water partition coefficient (Wildman–Crippen LogP) is 12.5. The molecule has 0 unspecified atom stereocenters. The van der Waals surface area contributed by atoms with Crippen LogP contribution in [0.15, 0.2) is 0 Å². The summed E-state index contributed by atoms with van der Waals surface area (Å²) >= 11 is 0. The second-order valence-corrected chi connectivity index (χ2v) is 12.7. The molecule has 0 aromatic rings. The smallest absolute Gasteiger partial charge is 0.0662 e. The number of aliphatic hydroxyl groups is 2. The molecular formula is C38H80O3. The Bertz CT molecular complexity index is 365. The molecule has 0 spiro atoms. The van der Waals surface area contributed by atoms with Crippen molar-refractivity contribution in [3.63, 3.8) is 0 Å². The third-order valence-corrected chi connectivity index (χ3v) is 8.38. The summed E-state index contributed by atoms with van der Waals surface area (Å²) in [6, 6.07) is 0. The fraction of sp³-hybridized carbons (Fsp3) is 1.00. The molecule has 0 heterocycles. The minimum Gasteiger partial charge on any atom is -0.394 e. The number of hydrogen-bond donors (Lipinski definition) is 2. The predicted molar refractivity (Wildman–Crippen MR) is 184 cm³/mol. The molecule has 41 heavy (non-hydrogen) atoms. The lowest BCUT2D eigenvalue weighted by molar-refractivity contribution is 0.125. The van der Waals surface area contributed by atoms with Crippen molar-refractivity contribution in [3.05, 3.63) is 0 Å². The highest BCUT2D eigenvalue weighted by atomic mass is 16.5. The van der Waals surface area contributed by atoms with Gasteiger partial charge in [-0.1, -0.05) is 206 Å². The number of aliphatic hydroxyl groups excluding tert-OH is 2. The molecule has 0 aliphatic heterocycles. The molecule has 0 bridgehead atoms. The van der Waals surface area contributed by atoms with Crippen LogP contribution in [0.4, 0.5) is 0 Å². The van der Waals surface area contributed by atoms with Gasteiger partial charge in [-0.25, -0.2) is 0 Å². The summed E-state index contributed by atoms with van der Waals surface area (Å²) in [4.78, 5) is 0. The highest BCUT2D eigenvalue weighted by molar-refractivity contribution is 4.52. The van der Waals surface area contributed by atoms with E-state index in [0.717, 1.165) is 13.2 Å². The van der Waals surface area contributed by atoms with Crippen LogP contribution < -0.4 is 0 Å². The van der Waals surface area contributed by atoms with Gasteiger partial charge in [0.1, 0.15) is 0 Å². The van der Waals surface area contributed by atoms with E-state index in [2.05, 4.69) is 13.8 Å². The van der Waals surface area contributed by atoms with E-state index >= 15 is 0 Å². The summed E-state index contributed by atoms with van der Waals surface area (Å²) in [5.41, 5.74) is 0. The second-order valence-electron chi connectivity index (χ2n) is 12.7. The minimum atomic E-state index is -0.125. The molecule has 0 amide bonds. The number of hydrogen-bond acceptors (Lipinski definition) is 3. The summed E-state index contributed by atoms with van der Waals surface area (Å²) in [7, 11) is 0. The minimum absolute atomic E-state index is 0.125. The van der Waals surface area contributed by atoms with E-state index in [-0.39, 0.29) is 13.2 Å². The molecule has 0 aromatic carbocycles. The summed E-state index contributed by atoms with van der Waals surface area (Å²) in [5, 5.41) is 15.2. The van der Waals surface area contributed by atoms with Gasteiger partial charge >= 0.3 is 0 Å². The molecule has 0 aliphatic rings. The van der Waals surface area contributed by atoms with Gasteiger partial charge in [-0.05, 0) is 12.8 Å². The molecule has 250 valence electrons. The molecule has 3 nitrogen and oxygen atoms in total. The topological polar surface area (TPSA) is 49.7 Å². The van der Waals surface area contributed by atoms with E-state index in [1.54, 1.807) is 0 Å². The third-order valence-electron chi connectivity index (χ3n) is 8.38. The van der Waals surface area contributed by atoms with Gasteiger partial charge in [0, 0.05) is 13.2 Å². The van der Waals surface area contributed by atoms with E-state index in [4.69, 9.17) is 14.9 Å². The molecule has 0 saturated heterocycles. The number of unbranched alkanes of at least 4 members (excludes halogenated alkanes) is 30. The Balaban J connectivity index is 0. The normalized spacial score (nSPS) is 11.1. The molecule has 3 heteroatoms. The van der Waals surface area contributed by atoms with Gasteiger partial charge in [0.25, 0.3) is 0 Å². The van der Waals surface area contributed by atoms with Crippen LogP contribution in [0.1, 0.15) is 219 Å². The fourth-order valence-electron chi connectivity index (χ4n) is 5.61. The van der Waals surface area contributed by atoms with Crippen molar-refractivity contribution in [2.45, 2.75) is 219 Å². The van der Waals surface area contributed by atoms with E-state index in [0.29, 0.717) is 0 Å². The van der Waals surface area contributed by atoms with Crippen LogP contribution in [0.25, 0.3) is 0 Å². The number of rotatable bonds is 35. The lowest BCUT2D eigenvalue weighted by atomic mass is 10.0. The highest BCUT2D eigenvalue weighted by Crippen LogP contribution is 2.15. The molecule has 0 atom stereocenters. The van der Waals surface area contributed by atoms with Gasteiger partial charge in [0.2, 0.25) is 0 Å². The maximum atomic E-state index is 7.62. The summed E-state index contributed by atoms with van der Waals surface area (Å²) in [6.45, 7) is 6.35. The van der Waals surface area contributed by atoms with Gasteiger partial charge in [0.15, 0.2) is 0 Å². The monoisotopic (exact) mass is 585 g/mol. The van der Waals surface area contributed by atoms with Crippen LogP contribution in [-0.2, 0) is 4.74 Å². The van der Waals surface area contributed by atoms with Crippen LogP contribution in [0.3, 0.4) is 0 Å². The van der Waals surface area contributed by atoms with Crippen molar-refractivity contribution in [1.82, 2.24) is 0 Å². The molecule has 0 radical (unpaired) electrons. The van der Waals surface area contributed by atoms with Crippen LogP contribution in [0, 0.1) is 0 Å². The van der Waals surface area contributed by atoms with Gasteiger partial charge in [0.05, 0.1) is 13.2 Å². The van der Waals surface area contributed by atoms with E-state index in [9.17, 15) is 0 Å². The Labute approximate surface area is 260 Å². The fourth-order valence-corrected chi connectivity index (χ4v) is 5.61. The van der Waals surface area contributed by atoms with Crippen LogP contribution in [-0.4, -0.2) is 36.6 Å². The molecular weight excluding hydrogens is 504 g/mol. The first kappa shape index (κ1) is 43.0. The molecule has 0 saturated carbocycles. The van der Waals surface area contributed by atoms with E-state index in [1.807, 2.05) is 0 Å². The average molecular weight is 585 g/mol. The molecule has 0 fully saturated rings. The van der Waals surface area contributed by atoms with Gasteiger partial charge in [-0.15, -0.1) is 0 Å². The van der Waals surface area contributed by atoms with E-state index in [1.165, 1.54) is 205 Å². The Kier molecular flexibility index (Phi) is 46.5. The van der Waals surface area contributed by atoms with Crippen LogP contribution in [0.2, 0.25) is 0 Å². The van der Waals surface area contributed by atoms with Crippen molar-refractivity contribution in [1.29, 1.82) is 0 Å². The largest absolute Gasteiger partial charge is 0.394 e. The Morgan fingerprint density at radius 2 is 0.439 bits per heavy atom. The van der Waals surface area contributed by atoms with Crippen molar-refractivity contribution >= 4 is 0 Å². The zero-order valence-electron chi connectivity index (χ0n) is 28.8. The van der Waals surface area contributed by atoms with Crippen molar-refractivity contribution < 1.29 is 14.9 Å². The summed E-state index contributed by atoms with van der Waals surface area (Å²) in [6.07, 6.45) is 46.0. The van der Waals surface area contributed by atoms with Gasteiger partial charge < -0.3 is 14.9 Å². The molecule has 0 aromatic heterocycles. The number of ether oxygens (including phenoxy) is 1. The standard InChI is InChI=1S/C36H74O.C2H6O2/c1-3-5-7-9-11-13-15-17-19-21-23-25-27-29-31-33-35-37-36-34-32-30-28-26-24-22-20-18-16-14-12-10-8-6-4-2;3-1-2-4/h3-36H2,1-2H3;3-4H,1-2H2. The summed E-state index contributed by atoms with van der Waals surface area (Å²) < 4.78 is 5.87. The van der Waals surface area contributed by atoms with Gasteiger partial charge in [-0.2, -0.15) is 0 Å². The first-order chi connectivity index (χ1) is 20.3.